The zero-order valence-corrected chi connectivity index (χ0v) is 16.2. The van der Waals surface area contributed by atoms with Gasteiger partial charge in [-0.25, -0.2) is 0 Å². The van der Waals surface area contributed by atoms with Crippen LogP contribution in [-0.2, 0) is 9.53 Å². The second-order valence-corrected chi connectivity index (χ2v) is 7.10. The van der Waals surface area contributed by atoms with Gasteiger partial charge in [-0.15, -0.1) is 0 Å². The Kier molecular flexibility index (Phi) is 6.68. The molecule has 0 aromatic heterocycles. The molecule has 0 N–H and O–H groups in total. The van der Waals surface area contributed by atoms with Crippen LogP contribution < -0.4 is 4.74 Å². The standard InChI is InChI=1S/C20H29N3O4/c1-26-14-13-21-8-7-16(15-21)19(24)22-9-11-23(12-10-22)20(25)17-5-3-4-6-18(17)27-2/h3-6,16H,7-15H2,1-2H3/t16-/m1/s1. The SMILES string of the molecule is COCCN1CC[C@@H](C(=O)N2CCN(C(=O)c3ccccc3OC)CC2)C1. The summed E-state index contributed by atoms with van der Waals surface area (Å²) in [7, 11) is 3.27. The molecule has 0 radical (unpaired) electrons. The molecule has 7 heteroatoms. The number of likely N-dealkylation sites (tertiary alicyclic amines) is 1. The normalized spacial score (nSPS) is 20.7. The highest BCUT2D eigenvalue weighted by Gasteiger charge is 2.33. The van der Waals surface area contributed by atoms with Crippen molar-refractivity contribution < 1.29 is 19.1 Å². The highest BCUT2D eigenvalue weighted by atomic mass is 16.5. The minimum absolute atomic E-state index is 0.0360. The minimum atomic E-state index is -0.0360. The second kappa shape index (κ2) is 9.19. The number of hydrogen-bond acceptors (Lipinski definition) is 5. The van der Waals surface area contributed by atoms with Crippen LogP contribution >= 0.6 is 0 Å². The molecule has 0 aliphatic carbocycles. The van der Waals surface area contributed by atoms with E-state index in [1.807, 2.05) is 17.0 Å². The largest absolute Gasteiger partial charge is 0.496 e. The van der Waals surface area contributed by atoms with Crippen molar-refractivity contribution in [2.45, 2.75) is 6.42 Å². The number of rotatable bonds is 6. The Morgan fingerprint density at radius 2 is 1.74 bits per heavy atom. The number of hydrogen-bond donors (Lipinski definition) is 0. The monoisotopic (exact) mass is 375 g/mol. The first kappa shape index (κ1) is 19.6. The number of methoxy groups -OCH3 is 2. The van der Waals surface area contributed by atoms with E-state index in [2.05, 4.69) is 4.90 Å². The number of nitrogens with zero attached hydrogens (tertiary/aromatic N) is 3. The van der Waals surface area contributed by atoms with E-state index in [1.54, 1.807) is 31.3 Å². The molecule has 27 heavy (non-hydrogen) atoms. The number of carbonyl (C=O) groups excluding carboxylic acids is 2. The van der Waals surface area contributed by atoms with Crippen LogP contribution in [0.15, 0.2) is 24.3 Å². The van der Waals surface area contributed by atoms with Crippen molar-refractivity contribution in [2.75, 3.05) is 66.6 Å². The Morgan fingerprint density at radius 3 is 2.44 bits per heavy atom. The van der Waals surface area contributed by atoms with Crippen LogP contribution in [-0.4, -0.2) is 93.2 Å². The molecular weight excluding hydrogens is 346 g/mol. The van der Waals surface area contributed by atoms with Gasteiger partial charge in [0.2, 0.25) is 5.91 Å². The summed E-state index contributed by atoms with van der Waals surface area (Å²) < 4.78 is 10.4. The van der Waals surface area contributed by atoms with Gasteiger partial charge in [0.25, 0.3) is 5.91 Å². The third-order valence-corrected chi connectivity index (χ3v) is 5.45. The first-order chi connectivity index (χ1) is 13.1. The van der Waals surface area contributed by atoms with Crippen LogP contribution in [0.2, 0.25) is 0 Å². The highest BCUT2D eigenvalue weighted by molar-refractivity contribution is 5.97. The van der Waals surface area contributed by atoms with E-state index >= 15 is 0 Å². The van der Waals surface area contributed by atoms with E-state index in [1.165, 1.54) is 0 Å². The first-order valence-electron chi connectivity index (χ1n) is 9.56. The van der Waals surface area contributed by atoms with Gasteiger partial charge in [-0.1, -0.05) is 12.1 Å². The lowest BCUT2D eigenvalue weighted by Crippen LogP contribution is -2.52. The Labute approximate surface area is 160 Å². The third-order valence-electron chi connectivity index (χ3n) is 5.45. The summed E-state index contributed by atoms with van der Waals surface area (Å²) in [6, 6.07) is 7.27. The third kappa shape index (κ3) is 4.59. The first-order valence-corrected chi connectivity index (χ1v) is 9.56. The van der Waals surface area contributed by atoms with Crippen molar-refractivity contribution in [1.82, 2.24) is 14.7 Å². The molecule has 2 amide bonds. The molecule has 2 aliphatic rings. The van der Waals surface area contributed by atoms with Gasteiger partial charge < -0.3 is 24.2 Å². The van der Waals surface area contributed by atoms with E-state index in [-0.39, 0.29) is 17.7 Å². The number of amides is 2. The van der Waals surface area contributed by atoms with Gasteiger partial charge in [-0.05, 0) is 25.1 Å². The fourth-order valence-electron chi connectivity index (χ4n) is 3.84. The number of benzene rings is 1. The molecule has 0 bridgehead atoms. The van der Waals surface area contributed by atoms with Gasteiger partial charge in [0, 0.05) is 46.4 Å². The lowest BCUT2D eigenvalue weighted by molar-refractivity contribution is -0.136. The number of ether oxygens (including phenoxy) is 2. The molecule has 0 unspecified atom stereocenters. The van der Waals surface area contributed by atoms with Crippen LogP contribution in [0.5, 0.6) is 5.75 Å². The molecule has 2 heterocycles. The summed E-state index contributed by atoms with van der Waals surface area (Å²) in [5.41, 5.74) is 0.573. The average Bonchev–Trinajstić information content (AvgIpc) is 3.20. The summed E-state index contributed by atoms with van der Waals surface area (Å²) >= 11 is 0. The van der Waals surface area contributed by atoms with E-state index in [4.69, 9.17) is 9.47 Å². The predicted octanol–water partition coefficient (Wildman–Crippen LogP) is 0.948. The molecule has 148 valence electrons. The van der Waals surface area contributed by atoms with Gasteiger partial charge in [0.1, 0.15) is 5.75 Å². The molecular formula is C20H29N3O4. The second-order valence-electron chi connectivity index (χ2n) is 7.10. The summed E-state index contributed by atoms with van der Waals surface area (Å²) in [4.78, 5) is 31.6. The maximum Gasteiger partial charge on any atom is 0.257 e. The Balaban J connectivity index is 1.51. The zero-order chi connectivity index (χ0) is 19.2. The highest BCUT2D eigenvalue weighted by Crippen LogP contribution is 2.22. The summed E-state index contributed by atoms with van der Waals surface area (Å²) in [5.74, 6) is 0.840. The zero-order valence-electron chi connectivity index (χ0n) is 16.2. The number of carbonyl (C=O) groups is 2. The van der Waals surface area contributed by atoms with Crippen LogP contribution in [0.25, 0.3) is 0 Å². The van der Waals surface area contributed by atoms with Crippen molar-refractivity contribution >= 4 is 11.8 Å². The lowest BCUT2D eigenvalue weighted by Gasteiger charge is -2.36. The van der Waals surface area contributed by atoms with Crippen LogP contribution in [0, 0.1) is 5.92 Å². The van der Waals surface area contributed by atoms with E-state index in [9.17, 15) is 9.59 Å². The van der Waals surface area contributed by atoms with Crippen LogP contribution in [0.3, 0.4) is 0 Å². The number of piperazine rings is 1. The van der Waals surface area contributed by atoms with Crippen molar-refractivity contribution in [3.8, 4) is 5.75 Å². The molecule has 2 aliphatic heterocycles. The van der Waals surface area contributed by atoms with Crippen molar-refractivity contribution in [3.05, 3.63) is 29.8 Å². The summed E-state index contributed by atoms with van der Waals surface area (Å²) in [6.45, 7) is 5.63. The van der Waals surface area contributed by atoms with E-state index in [0.29, 0.717) is 44.1 Å². The van der Waals surface area contributed by atoms with Crippen molar-refractivity contribution in [1.29, 1.82) is 0 Å². The molecule has 1 aromatic carbocycles. The van der Waals surface area contributed by atoms with Gasteiger partial charge in [-0.2, -0.15) is 0 Å². The summed E-state index contributed by atoms with van der Waals surface area (Å²) in [6.07, 6.45) is 0.906. The quantitative estimate of drug-likeness (QED) is 0.741. The maximum absolute atomic E-state index is 12.8. The van der Waals surface area contributed by atoms with E-state index in [0.717, 1.165) is 26.1 Å². The fraction of sp³-hybridized carbons (Fsp3) is 0.600. The summed E-state index contributed by atoms with van der Waals surface area (Å²) in [5, 5.41) is 0. The smallest absolute Gasteiger partial charge is 0.257 e. The van der Waals surface area contributed by atoms with E-state index < -0.39 is 0 Å². The number of para-hydroxylation sites is 1. The predicted molar refractivity (Wildman–Crippen MR) is 102 cm³/mol. The maximum atomic E-state index is 12.8. The van der Waals surface area contributed by atoms with Gasteiger partial charge >= 0.3 is 0 Å². The molecule has 0 spiro atoms. The van der Waals surface area contributed by atoms with Gasteiger partial charge in [0.05, 0.1) is 25.2 Å². The lowest BCUT2D eigenvalue weighted by atomic mass is 10.1. The molecule has 2 fully saturated rings. The molecule has 1 atom stereocenters. The van der Waals surface area contributed by atoms with Crippen LogP contribution in [0.4, 0.5) is 0 Å². The van der Waals surface area contributed by atoms with Crippen molar-refractivity contribution in [2.24, 2.45) is 5.92 Å². The van der Waals surface area contributed by atoms with Gasteiger partial charge in [0.15, 0.2) is 0 Å². The molecule has 2 saturated heterocycles. The Morgan fingerprint density at radius 1 is 1.04 bits per heavy atom. The fourth-order valence-corrected chi connectivity index (χ4v) is 3.84. The average molecular weight is 375 g/mol. The molecule has 1 aromatic rings. The molecule has 0 saturated carbocycles. The topological polar surface area (TPSA) is 62.3 Å². The Hall–Kier alpha value is -2.12. The molecule has 7 nitrogen and oxygen atoms in total. The van der Waals surface area contributed by atoms with Crippen LogP contribution in [0.1, 0.15) is 16.8 Å². The van der Waals surface area contributed by atoms with Gasteiger partial charge in [-0.3, -0.25) is 9.59 Å². The Bertz CT molecular complexity index is 658. The van der Waals surface area contributed by atoms with Crippen molar-refractivity contribution in [3.63, 3.8) is 0 Å². The molecule has 3 rings (SSSR count). The minimum Gasteiger partial charge on any atom is -0.496 e.